The van der Waals surface area contributed by atoms with Crippen molar-refractivity contribution in [2.24, 2.45) is 7.05 Å². The molecule has 0 aliphatic carbocycles. The third-order valence-corrected chi connectivity index (χ3v) is 2.73. The molecule has 1 rings (SSSR count). The molecule has 0 bridgehead atoms. The van der Waals surface area contributed by atoms with Gasteiger partial charge in [-0.25, -0.2) is 0 Å². The Bertz CT molecular complexity index is 414. The molecule has 0 saturated carbocycles. The predicted octanol–water partition coefficient (Wildman–Crippen LogP) is 0.699. The lowest BCUT2D eigenvalue weighted by molar-refractivity contribution is 0.189. The third kappa shape index (κ3) is 3.22. The van der Waals surface area contributed by atoms with E-state index in [2.05, 4.69) is 16.1 Å². The molecule has 6 nitrogen and oxygen atoms in total. The van der Waals surface area contributed by atoms with Gasteiger partial charge in [-0.1, -0.05) is 0 Å². The zero-order chi connectivity index (χ0) is 13.5. The van der Waals surface area contributed by atoms with E-state index < -0.39 is 0 Å². The van der Waals surface area contributed by atoms with Crippen LogP contribution < -0.4 is 4.90 Å². The fraction of sp³-hybridized carbons (Fsp3) is 0.667. The Morgan fingerprint density at radius 1 is 1.28 bits per heavy atom. The van der Waals surface area contributed by atoms with E-state index in [1.807, 2.05) is 14.0 Å². The van der Waals surface area contributed by atoms with Crippen molar-refractivity contribution < 1.29 is 9.47 Å². The summed E-state index contributed by atoms with van der Waals surface area (Å²) in [6, 6.07) is 2.21. The van der Waals surface area contributed by atoms with Crippen LogP contribution in [-0.2, 0) is 16.5 Å². The summed E-state index contributed by atoms with van der Waals surface area (Å²) in [5, 5.41) is 13.5. The van der Waals surface area contributed by atoms with Crippen LogP contribution in [0.4, 0.5) is 5.82 Å². The normalized spacial score (nSPS) is 10.4. The Morgan fingerprint density at radius 3 is 2.28 bits per heavy atom. The van der Waals surface area contributed by atoms with Gasteiger partial charge in [-0.3, -0.25) is 4.68 Å². The second-order valence-corrected chi connectivity index (χ2v) is 3.99. The number of hydrogen-bond donors (Lipinski definition) is 0. The van der Waals surface area contributed by atoms with Crippen molar-refractivity contribution in [1.82, 2.24) is 9.78 Å². The van der Waals surface area contributed by atoms with Crippen LogP contribution in [0, 0.1) is 18.3 Å². The highest BCUT2D eigenvalue weighted by Crippen LogP contribution is 2.21. The van der Waals surface area contributed by atoms with E-state index in [4.69, 9.17) is 9.47 Å². The third-order valence-electron chi connectivity index (χ3n) is 2.73. The monoisotopic (exact) mass is 252 g/mol. The number of aryl methyl sites for hydroxylation is 2. The molecule has 1 aromatic heterocycles. The second kappa shape index (κ2) is 6.99. The van der Waals surface area contributed by atoms with Crippen molar-refractivity contribution in [3.05, 3.63) is 11.3 Å². The van der Waals surface area contributed by atoms with Crippen LogP contribution in [0.25, 0.3) is 0 Å². The minimum Gasteiger partial charge on any atom is -0.383 e. The predicted molar refractivity (Wildman–Crippen MR) is 68.6 cm³/mol. The van der Waals surface area contributed by atoms with Crippen molar-refractivity contribution in [2.45, 2.75) is 6.92 Å². The van der Waals surface area contributed by atoms with Crippen LogP contribution in [0.15, 0.2) is 0 Å². The number of ether oxygens (including phenoxy) is 2. The molecule has 0 aliphatic rings. The molecule has 1 aromatic rings. The molecule has 0 N–H and O–H groups in total. The number of rotatable bonds is 7. The number of methoxy groups -OCH3 is 2. The lowest BCUT2D eigenvalue weighted by Crippen LogP contribution is -2.32. The topological polar surface area (TPSA) is 63.3 Å². The Hall–Kier alpha value is -1.58. The molecular formula is C12H20N4O2. The fourth-order valence-corrected chi connectivity index (χ4v) is 1.87. The molecule has 6 heteroatoms. The fourth-order valence-electron chi connectivity index (χ4n) is 1.87. The first-order valence-electron chi connectivity index (χ1n) is 5.82. The van der Waals surface area contributed by atoms with Gasteiger partial charge in [0.25, 0.3) is 0 Å². The van der Waals surface area contributed by atoms with Gasteiger partial charge in [0.15, 0.2) is 0 Å². The zero-order valence-electron chi connectivity index (χ0n) is 11.4. The number of aromatic nitrogens is 2. The summed E-state index contributed by atoms with van der Waals surface area (Å²) in [4.78, 5) is 2.06. The smallest absolute Gasteiger partial charge is 0.145 e. The van der Waals surface area contributed by atoms with Gasteiger partial charge in [0.05, 0.1) is 18.9 Å². The Balaban J connectivity index is 3.00. The maximum Gasteiger partial charge on any atom is 0.145 e. The van der Waals surface area contributed by atoms with Gasteiger partial charge in [-0.15, -0.1) is 0 Å². The van der Waals surface area contributed by atoms with Crippen molar-refractivity contribution >= 4 is 5.82 Å². The molecule has 0 fully saturated rings. The van der Waals surface area contributed by atoms with Gasteiger partial charge >= 0.3 is 0 Å². The van der Waals surface area contributed by atoms with Crippen molar-refractivity contribution in [2.75, 3.05) is 45.4 Å². The number of anilines is 1. The average Bonchev–Trinajstić information content (AvgIpc) is 2.64. The van der Waals surface area contributed by atoms with Gasteiger partial charge in [0.2, 0.25) is 0 Å². The van der Waals surface area contributed by atoms with Crippen molar-refractivity contribution in [3.63, 3.8) is 0 Å². The lowest BCUT2D eigenvalue weighted by Gasteiger charge is -2.24. The molecule has 0 aliphatic heterocycles. The Morgan fingerprint density at radius 2 is 1.83 bits per heavy atom. The molecule has 1 heterocycles. The van der Waals surface area contributed by atoms with E-state index in [-0.39, 0.29) is 0 Å². The minimum atomic E-state index is 0.596. The van der Waals surface area contributed by atoms with E-state index in [0.29, 0.717) is 31.9 Å². The molecule has 18 heavy (non-hydrogen) atoms. The molecule has 0 saturated heterocycles. The van der Waals surface area contributed by atoms with Crippen molar-refractivity contribution in [3.8, 4) is 6.07 Å². The van der Waals surface area contributed by atoms with Gasteiger partial charge < -0.3 is 14.4 Å². The summed E-state index contributed by atoms with van der Waals surface area (Å²) in [7, 11) is 5.16. The van der Waals surface area contributed by atoms with Crippen LogP contribution >= 0.6 is 0 Å². The van der Waals surface area contributed by atoms with Gasteiger partial charge in [-0.2, -0.15) is 10.4 Å². The standard InChI is InChI=1S/C12H20N4O2/c1-10-11(9-13)12(15(2)14-10)16(5-7-17-3)6-8-18-4/h5-8H2,1-4H3. The molecule has 0 unspecified atom stereocenters. The van der Waals surface area contributed by atoms with E-state index in [1.165, 1.54) is 0 Å². The van der Waals surface area contributed by atoms with Gasteiger partial charge in [0, 0.05) is 34.4 Å². The molecule has 0 spiro atoms. The van der Waals surface area contributed by atoms with E-state index in [9.17, 15) is 5.26 Å². The summed E-state index contributed by atoms with van der Waals surface area (Å²) in [6.07, 6.45) is 0. The molecule has 100 valence electrons. The van der Waals surface area contributed by atoms with E-state index in [1.54, 1.807) is 18.9 Å². The summed E-state index contributed by atoms with van der Waals surface area (Å²) < 4.78 is 11.9. The number of nitrogens with zero attached hydrogens (tertiary/aromatic N) is 4. The van der Waals surface area contributed by atoms with Crippen LogP contribution in [-0.4, -0.2) is 50.3 Å². The van der Waals surface area contributed by atoms with Crippen LogP contribution in [0.3, 0.4) is 0 Å². The van der Waals surface area contributed by atoms with Gasteiger partial charge in [-0.05, 0) is 6.92 Å². The Kier molecular flexibility index (Phi) is 5.62. The molecule has 0 amide bonds. The van der Waals surface area contributed by atoms with Gasteiger partial charge in [0.1, 0.15) is 17.5 Å². The van der Waals surface area contributed by atoms with Crippen molar-refractivity contribution in [1.29, 1.82) is 5.26 Å². The zero-order valence-corrected chi connectivity index (χ0v) is 11.4. The average molecular weight is 252 g/mol. The lowest BCUT2D eigenvalue weighted by atomic mass is 10.2. The molecule has 0 aromatic carbocycles. The summed E-state index contributed by atoms with van der Waals surface area (Å²) in [5.41, 5.74) is 1.36. The minimum absolute atomic E-state index is 0.596. The second-order valence-electron chi connectivity index (χ2n) is 3.99. The molecular weight excluding hydrogens is 232 g/mol. The SMILES string of the molecule is COCCN(CCOC)c1c(C#N)c(C)nn1C. The van der Waals surface area contributed by atoms with E-state index >= 15 is 0 Å². The van der Waals surface area contributed by atoms with Crippen LogP contribution in [0.5, 0.6) is 0 Å². The van der Waals surface area contributed by atoms with E-state index in [0.717, 1.165) is 11.5 Å². The first-order valence-corrected chi connectivity index (χ1v) is 5.82. The maximum atomic E-state index is 9.22. The van der Waals surface area contributed by atoms with Crippen LogP contribution in [0.1, 0.15) is 11.3 Å². The van der Waals surface area contributed by atoms with Crippen LogP contribution in [0.2, 0.25) is 0 Å². The summed E-state index contributed by atoms with van der Waals surface area (Å²) in [5.74, 6) is 0.823. The maximum absolute atomic E-state index is 9.22. The highest BCUT2D eigenvalue weighted by atomic mass is 16.5. The number of hydrogen-bond acceptors (Lipinski definition) is 5. The molecule has 0 atom stereocenters. The largest absolute Gasteiger partial charge is 0.383 e. The Labute approximate surface area is 108 Å². The highest BCUT2D eigenvalue weighted by Gasteiger charge is 2.18. The summed E-state index contributed by atoms with van der Waals surface area (Å²) >= 11 is 0. The highest BCUT2D eigenvalue weighted by molar-refractivity contribution is 5.56. The first kappa shape index (κ1) is 14.5. The number of nitriles is 1. The molecule has 0 radical (unpaired) electrons. The summed E-state index contributed by atoms with van der Waals surface area (Å²) in [6.45, 7) is 4.44. The first-order chi connectivity index (χ1) is 8.65. The quantitative estimate of drug-likeness (QED) is 0.714.